The second-order valence-corrected chi connectivity index (χ2v) is 6.85. The van der Waals surface area contributed by atoms with E-state index in [2.05, 4.69) is 17.1 Å². The van der Waals surface area contributed by atoms with Crippen molar-refractivity contribution >= 4 is 17.5 Å². The average molecular weight is 333 g/mol. The van der Waals surface area contributed by atoms with Gasteiger partial charge in [0.2, 0.25) is 11.8 Å². The number of fused-ring (bicyclic) bond motifs is 1. The Hall–Kier alpha value is -2.08. The van der Waals surface area contributed by atoms with Crippen molar-refractivity contribution in [3.63, 3.8) is 0 Å². The summed E-state index contributed by atoms with van der Waals surface area (Å²) in [5.41, 5.74) is 1.48. The van der Waals surface area contributed by atoms with Gasteiger partial charge in [-0.1, -0.05) is 6.92 Å². The molecule has 0 saturated carbocycles. The molecule has 0 radical (unpaired) electrons. The predicted molar refractivity (Wildman–Crippen MR) is 94.2 cm³/mol. The summed E-state index contributed by atoms with van der Waals surface area (Å²) in [7, 11) is 5.85. The van der Waals surface area contributed by atoms with E-state index in [9.17, 15) is 9.59 Å². The van der Waals surface area contributed by atoms with Gasteiger partial charge >= 0.3 is 0 Å². The molecule has 6 nitrogen and oxygen atoms in total. The predicted octanol–water partition coefficient (Wildman–Crippen LogP) is 1.60. The second-order valence-electron chi connectivity index (χ2n) is 6.85. The lowest BCUT2D eigenvalue weighted by atomic mass is 10.0. The van der Waals surface area contributed by atoms with Crippen molar-refractivity contribution in [1.82, 2.24) is 9.80 Å². The van der Waals surface area contributed by atoms with E-state index in [0.717, 1.165) is 12.1 Å². The van der Waals surface area contributed by atoms with E-state index in [4.69, 9.17) is 4.74 Å². The van der Waals surface area contributed by atoms with Crippen molar-refractivity contribution in [3.05, 3.63) is 23.8 Å². The van der Waals surface area contributed by atoms with E-state index < -0.39 is 0 Å². The van der Waals surface area contributed by atoms with Gasteiger partial charge in [0.05, 0.1) is 6.42 Å². The molecule has 0 aromatic heterocycles. The van der Waals surface area contributed by atoms with Crippen LogP contribution in [0.2, 0.25) is 0 Å². The lowest BCUT2D eigenvalue weighted by Crippen LogP contribution is -2.41. The number of benzene rings is 1. The quantitative estimate of drug-likeness (QED) is 0.913. The number of anilines is 1. The lowest BCUT2D eigenvalue weighted by Gasteiger charge is -2.29. The number of rotatable bonds is 3. The third kappa shape index (κ3) is 4.71. The molecule has 24 heavy (non-hydrogen) atoms. The van der Waals surface area contributed by atoms with Crippen LogP contribution in [0.4, 0.5) is 5.69 Å². The summed E-state index contributed by atoms with van der Waals surface area (Å²) >= 11 is 0. The van der Waals surface area contributed by atoms with Crippen molar-refractivity contribution in [1.29, 1.82) is 0 Å². The smallest absolute Gasteiger partial charge is 0.226 e. The standard InChI is InChI=1S/C18H27N3O3/c1-12-10-21(5)18(23)9-14-8-15(19-13(2)22)6-7-16(14)24-17(12)11-20(3)4/h6-8,12,17H,9-11H2,1-5H3,(H,19,22)/t12-,17+/m0/s1. The Balaban J connectivity index is 2.37. The molecule has 132 valence electrons. The zero-order chi connectivity index (χ0) is 17.9. The zero-order valence-corrected chi connectivity index (χ0v) is 15.1. The Morgan fingerprint density at radius 2 is 2.12 bits per heavy atom. The van der Waals surface area contributed by atoms with Crippen LogP contribution in [0.15, 0.2) is 18.2 Å². The first-order valence-corrected chi connectivity index (χ1v) is 8.22. The summed E-state index contributed by atoms with van der Waals surface area (Å²) < 4.78 is 6.26. The molecule has 6 heteroatoms. The Morgan fingerprint density at radius 3 is 2.75 bits per heavy atom. The van der Waals surface area contributed by atoms with Crippen LogP contribution in [0.3, 0.4) is 0 Å². The molecule has 2 atom stereocenters. The van der Waals surface area contributed by atoms with Gasteiger partial charge in [-0.05, 0) is 32.3 Å². The van der Waals surface area contributed by atoms with Gasteiger partial charge in [0.25, 0.3) is 0 Å². The molecule has 1 heterocycles. The Bertz CT molecular complexity index is 616. The number of amides is 2. The minimum atomic E-state index is -0.138. The number of carbonyl (C=O) groups is 2. The highest BCUT2D eigenvalue weighted by Gasteiger charge is 2.27. The van der Waals surface area contributed by atoms with Gasteiger partial charge in [0.15, 0.2) is 0 Å². The molecule has 2 amide bonds. The van der Waals surface area contributed by atoms with Crippen LogP contribution in [0, 0.1) is 5.92 Å². The van der Waals surface area contributed by atoms with Crippen LogP contribution in [-0.2, 0) is 16.0 Å². The monoisotopic (exact) mass is 333 g/mol. The summed E-state index contributed by atoms with van der Waals surface area (Å²) in [5, 5.41) is 2.76. The first-order valence-electron chi connectivity index (χ1n) is 8.22. The molecule has 0 spiro atoms. The van der Waals surface area contributed by atoms with Crippen LogP contribution in [0.25, 0.3) is 0 Å². The van der Waals surface area contributed by atoms with E-state index in [0.29, 0.717) is 18.0 Å². The fraction of sp³-hybridized carbons (Fsp3) is 0.556. The fourth-order valence-electron chi connectivity index (χ4n) is 2.92. The maximum atomic E-state index is 12.5. The molecular formula is C18H27N3O3. The molecule has 0 unspecified atom stereocenters. The van der Waals surface area contributed by atoms with E-state index in [1.165, 1.54) is 6.92 Å². The summed E-state index contributed by atoms with van der Waals surface area (Å²) in [6.07, 6.45) is 0.249. The minimum absolute atomic E-state index is 0.0151. The number of ether oxygens (including phenoxy) is 1. The average Bonchev–Trinajstić information content (AvgIpc) is 2.50. The largest absolute Gasteiger partial charge is 0.488 e. The van der Waals surface area contributed by atoms with Crippen molar-refractivity contribution in [2.45, 2.75) is 26.4 Å². The molecule has 0 bridgehead atoms. The van der Waals surface area contributed by atoms with Gasteiger partial charge in [-0.3, -0.25) is 9.59 Å². The van der Waals surface area contributed by atoms with Crippen molar-refractivity contribution in [2.24, 2.45) is 5.92 Å². The summed E-state index contributed by atoms with van der Waals surface area (Å²) in [6.45, 7) is 5.00. The molecule has 1 N–H and O–H groups in total. The Kier molecular flexibility index (Phi) is 5.83. The molecule has 2 rings (SSSR count). The first-order chi connectivity index (χ1) is 11.3. The van der Waals surface area contributed by atoms with E-state index in [-0.39, 0.29) is 30.3 Å². The lowest BCUT2D eigenvalue weighted by molar-refractivity contribution is -0.129. The van der Waals surface area contributed by atoms with Crippen LogP contribution >= 0.6 is 0 Å². The SMILES string of the molecule is CC(=O)Nc1ccc2c(c1)CC(=O)N(C)C[C@H](C)[C@@H](CN(C)C)O2. The maximum absolute atomic E-state index is 12.5. The van der Waals surface area contributed by atoms with Crippen LogP contribution in [0.5, 0.6) is 5.75 Å². The number of hydrogen-bond donors (Lipinski definition) is 1. The Labute approximate surface area is 143 Å². The van der Waals surface area contributed by atoms with E-state index in [1.807, 2.05) is 39.3 Å². The van der Waals surface area contributed by atoms with Crippen LogP contribution in [-0.4, -0.2) is 62.0 Å². The van der Waals surface area contributed by atoms with Gasteiger partial charge < -0.3 is 19.9 Å². The van der Waals surface area contributed by atoms with Gasteiger partial charge in [-0.15, -0.1) is 0 Å². The number of carbonyl (C=O) groups excluding carboxylic acids is 2. The second kappa shape index (κ2) is 7.66. The number of nitrogens with zero attached hydrogens (tertiary/aromatic N) is 2. The van der Waals surface area contributed by atoms with Crippen LogP contribution in [0.1, 0.15) is 19.4 Å². The number of hydrogen-bond acceptors (Lipinski definition) is 4. The van der Waals surface area contributed by atoms with Crippen molar-refractivity contribution in [2.75, 3.05) is 39.5 Å². The normalized spacial score (nSPS) is 21.4. The van der Waals surface area contributed by atoms with Crippen LogP contribution < -0.4 is 10.1 Å². The molecule has 0 saturated heterocycles. The van der Waals surface area contributed by atoms with E-state index in [1.54, 1.807) is 4.90 Å². The fourth-order valence-corrected chi connectivity index (χ4v) is 2.92. The van der Waals surface area contributed by atoms with Crippen molar-refractivity contribution in [3.8, 4) is 5.75 Å². The summed E-state index contributed by atoms with van der Waals surface area (Å²) in [5.74, 6) is 0.840. The third-order valence-electron chi connectivity index (χ3n) is 4.17. The minimum Gasteiger partial charge on any atom is -0.488 e. The third-order valence-corrected chi connectivity index (χ3v) is 4.17. The molecule has 1 aromatic carbocycles. The molecule has 1 aliphatic heterocycles. The van der Waals surface area contributed by atoms with Crippen molar-refractivity contribution < 1.29 is 14.3 Å². The van der Waals surface area contributed by atoms with Gasteiger partial charge in [-0.2, -0.15) is 0 Å². The summed E-state index contributed by atoms with van der Waals surface area (Å²) in [4.78, 5) is 27.6. The van der Waals surface area contributed by atoms with Gasteiger partial charge in [0.1, 0.15) is 11.9 Å². The van der Waals surface area contributed by atoms with E-state index >= 15 is 0 Å². The van der Waals surface area contributed by atoms with Gasteiger partial charge in [0, 0.05) is 44.2 Å². The molecule has 0 aliphatic carbocycles. The summed E-state index contributed by atoms with van der Waals surface area (Å²) in [6, 6.07) is 5.48. The molecule has 0 fully saturated rings. The zero-order valence-electron chi connectivity index (χ0n) is 15.1. The first kappa shape index (κ1) is 18.3. The highest BCUT2D eigenvalue weighted by molar-refractivity contribution is 5.89. The molecule has 1 aliphatic rings. The highest BCUT2D eigenvalue weighted by Crippen LogP contribution is 2.28. The number of nitrogens with one attached hydrogen (secondary N) is 1. The maximum Gasteiger partial charge on any atom is 0.226 e. The molecular weight excluding hydrogens is 306 g/mol. The Morgan fingerprint density at radius 1 is 1.42 bits per heavy atom. The highest BCUT2D eigenvalue weighted by atomic mass is 16.5. The number of likely N-dealkylation sites (N-methyl/N-ethyl adjacent to an activating group) is 2. The topological polar surface area (TPSA) is 61.9 Å². The van der Waals surface area contributed by atoms with Gasteiger partial charge in [-0.25, -0.2) is 0 Å². The molecule has 1 aromatic rings.